The zero-order valence-corrected chi connectivity index (χ0v) is 18.2. The standard InChI is InChI=1S/C17H34N4O2.HI/c1-6-18-15(21-12-7-9-14(2)13-21)19-10-8-11-20-16(22)23-17(3,4)5;/h14H,6-13H2,1-5H3,(H,18,19)(H,20,22);1H. The second kappa shape index (κ2) is 11.8. The molecule has 1 unspecified atom stereocenters. The minimum atomic E-state index is -0.453. The molecule has 142 valence electrons. The second-order valence-corrected chi connectivity index (χ2v) is 7.21. The van der Waals surface area contributed by atoms with Gasteiger partial charge in [0.15, 0.2) is 5.96 Å². The van der Waals surface area contributed by atoms with Gasteiger partial charge >= 0.3 is 6.09 Å². The van der Waals surface area contributed by atoms with Crippen LogP contribution in [-0.4, -0.2) is 55.3 Å². The van der Waals surface area contributed by atoms with Gasteiger partial charge in [0, 0.05) is 32.7 Å². The third-order valence-electron chi connectivity index (χ3n) is 3.56. The number of nitrogens with zero attached hydrogens (tertiary/aromatic N) is 2. The maximum absolute atomic E-state index is 11.6. The summed E-state index contributed by atoms with van der Waals surface area (Å²) in [6.45, 7) is 14.3. The van der Waals surface area contributed by atoms with Crippen molar-refractivity contribution in [1.82, 2.24) is 15.5 Å². The Bertz CT molecular complexity index is 397. The fourth-order valence-electron chi connectivity index (χ4n) is 2.58. The van der Waals surface area contributed by atoms with Gasteiger partial charge in [-0.3, -0.25) is 4.99 Å². The van der Waals surface area contributed by atoms with Gasteiger partial charge in [0.1, 0.15) is 5.60 Å². The number of rotatable bonds is 5. The van der Waals surface area contributed by atoms with E-state index in [1.165, 1.54) is 12.8 Å². The number of amides is 1. The molecule has 24 heavy (non-hydrogen) atoms. The number of hydrogen-bond donors (Lipinski definition) is 2. The molecule has 1 fully saturated rings. The smallest absolute Gasteiger partial charge is 0.407 e. The van der Waals surface area contributed by atoms with Gasteiger partial charge < -0.3 is 20.3 Å². The molecule has 1 atom stereocenters. The van der Waals surface area contributed by atoms with E-state index >= 15 is 0 Å². The van der Waals surface area contributed by atoms with E-state index in [2.05, 4.69) is 34.4 Å². The summed E-state index contributed by atoms with van der Waals surface area (Å²) >= 11 is 0. The minimum absolute atomic E-state index is 0. The van der Waals surface area contributed by atoms with Crippen LogP contribution >= 0.6 is 24.0 Å². The predicted molar refractivity (Wildman–Crippen MR) is 110 cm³/mol. The number of hydrogen-bond acceptors (Lipinski definition) is 3. The Kier molecular flexibility index (Phi) is 11.4. The topological polar surface area (TPSA) is 66.0 Å². The lowest BCUT2D eigenvalue weighted by Gasteiger charge is -2.33. The molecule has 1 aliphatic heterocycles. The van der Waals surface area contributed by atoms with E-state index in [4.69, 9.17) is 4.74 Å². The van der Waals surface area contributed by atoms with Crippen LogP contribution in [-0.2, 0) is 4.74 Å². The molecule has 1 amide bonds. The summed E-state index contributed by atoms with van der Waals surface area (Å²) in [5.41, 5.74) is -0.453. The first-order valence-corrected chi connectivity index (χ1v) is 8.82. The Hall–Kier alpha value is -0.730. The van der Waals surface area contributed by atoms with Gasteiger partial charge in [-0.15, -0.1) is 24.0 Å². The van der Waals surface area contributed by atoms with Crippen molar-refractivity contribution >= 4 is 36.0 Å². The summed E-state index contributed by atoms with van der Waals surface area (Å²) in [5, 5.41) is 6.13. The molecule has 0 aromatic carbocycles. The molecule has 0 aromatic heterocycles. The number of piperidine rings is 1. The highest BCUT2D eigenvalue weighted by molar-refractivity contribution is 14.0. The van der Waals surface area contributed by atoms with Gasteiger partial charge in [-0.05, 0) is 52.9 Å². The number of ether oxygens (including phenoxy) is 1. The number of aliphatic imine (C=N–C) groups is 1. The van der Waals surface area contributed by atoms with Crippen LogP contribution in [0.25, 0.3) is 0 Å². The molecule has 0 aromatic rings. The van der Waals surface area contributed by atoms with E-state index in [1.807, 2.05) is 20.8 Å². The fraction of sp³-hybridized carbons (Fsp3) is 0.882. The summed E-state index contributed by atoms with van der Waals surface area (Å²) in [6.07, 6.45) is 2.97. The Balaban J connectivity index is 0.00000529. The molecule has 6 nitrogen and oxygen atoms in total. The van der Waals surface area contributed by atoms with Gasteiger partial charge in [0.2, 0.25) is 0 Å². The first-order valence-electron chi connectivity index (χ1n) is 8.82. The first-order chi connectivity index (χ1) is 10.8. The van der Waals surface area contributed by atoms with E-state index < -0.39 is 5.60 Å². The highest BCUT2D eigenvalue weighted by Gasteiger charge is 2.19. The number of guanidine groups is 1. The Labute approximate surface area is 164 Å². The molecular formula is C17H35IN4O2. The number of carbonyl (C=O) groups is 1. The van der Waals surface area contributed by atoms with Crippen molar-refractivity contribution in [2.24, 2.45) is 10.9 Å². The van der Waals surface area contributed by atoms with Crippen molar-refractivity contribution < 1.29 is 9.53 Å². The first kappa shape index (κ1) is 23.3. The van der Waals surface area contributed by atoms with E-state index in [1.54, 1.807) is 0 Å². The minimum Gasteiger partial charge on any atom is -0.444 e. The number of likely N-dealkylation sites (tertiary alicyclic amines) is 1. The lowest BCUT2D eigenvalue weighted by Crippen LogP contribution is -2.46. The normalized spacial score (nSPS) is 18.6. The third kappa shape index (κ3) is 10.2. The van der Waals surface area contributed by atoms with E-state index in [0.717, 1.165) is 37.9 Å². The summed E-state index contributed by atoms with van der Waals surface area (Å²) in [4.78, 5) is 18.6. The number of nitrogens with one attached hydrogen (secondary N) is 2. The zero-order chi connectivity index (χ0) is 17.3. The molecule has 0 aliphatic carbocycles. The van der Waals surface area contributed by atoms with Crippen molar-refractivity contribution in [3.05, 3.63) is 0 Å². The quantitative estimate of drug-likeness (QED) is 0.290. The van der Waals surface area contributed by atoms with Crippen LogP contribution in [0.2, 0.25) is 0 Å². The molecule has 0 bridgehead atoms. The van der Waals surface area contributed by atoms with Crippen molar-refractivity contribution in [3.8, 4) is 0 Å². The molecular weight excluding hydrogens is 419 g/mol. The van der Waals surface area contributed by atoms with E-state index in [0.29, 0.717) is 13.1 Å². The molecule has 7 heteroatoms. The lowest BCUT2D eigenvalue weighted by molar-refractivity contribution is 0.0527. The monoisotopic (exact) mass is 454 g/mol. The largest absolute Gasteiger partial charge is 0.444 e. The van der Waals surface area contributed by atoms with Gasteiger partial charge in [-0.1, -0.05) is 6.92 Å². The van der Waals surface area contributed by atoms with Crippen molar-refractivity contribution in [2.75, 3.05) is 32.7 Å². The molecule has 0 spiro atoms. The average molecular weight is 454 g/mol. The van der Waals surface area contributed by atoms with Crippen molar-refractivity contribution in [3.63, 3.8) is 0 Å². The van der Waals surface area contributed by atoms with Crippen LogP contribution in [0, 0.1) is 5.92 Å². The van der Waals surface area contributed by atoms with Gasteiger partial charge in [-0.2, -0.15) is 0 Å². The lowest BCUT2D eigenvalue weighted by atomic mass is 10.0. The van der Waals surface area contributed by atoms with E-state index in [-0.39, 0.29) is 30.1 Å². The molecule has 1 rings (SSSR count). The SMILES string of the molecule is CCNC(=NCCCNC(=O)OC(C)(C)C)N1CCCC(C)C1.I. The van der Waals surface area contributed by atoms with E-state index in [9.17, 15) is 4.79 Å². The van der Waals surface area contributed by atoms with Crippen LogP contribution in [0.4, 0.5) is 4.79 Å². The molecule has 1 saturated heterocycles. The molecule has 2 N–H and O–H groups in total. The highest BCUT2D eigenvalue weighted by Crippen LogP contribution is 2.15. The molecule has 1 aliphatic rings. The number of halogens is 1. The summed E-state index contributed by atoms with van der Waals surface area (Å²) in [6, 6.07) is 0. The fourth-order valence-corrected chi connectivity index (χ4v) is 2.58. The van der Waals surface area contributed by atoms with Gasteiger partial charge in [0.25, 0.3) is 0 Å². The van der Waals surface area contributed by atoms with Crippen LogP contribution in [0.1, 0.15) is 53.9 Å². The summed E-state index contributed by atoms with van der Waals surface area (Å²) in [5.74, 6) is 1.72. The number of carbonyl (C=O) groups excluding carboxylic acids is 1. The Morgan fingerprint density at radius 3 is 2.62 bits per heavy atom. The van der Waals surface area contributed by atoms with Crippen LogP contribution in [0.15, 0.2) is 4.99 Å². The Morgan fingerprint density at radius 2 is 2.04 bits per heavy atom. The van der Waals surface area contributed by atoms with Crippen molar-refractivity contribution in [1.29, 1.82) is 0 Å². The van der Waals surface area contributed by atoms with Crippen molar-refractivity contribution in [2.45, 2.75) is 59.5 Å². The molecule has 0 radical (unpaired) electrons. The molecule has 1 heterocycles. The Morgan fingerprint density at radius 1 is 1.33 bits per heavy atom. The maximum Gasteiger partial charge on any atom is 0.407 e. The van der Waals surface area contributed by atoms with Crippen LogP contribution in [0.5, 0.6) is 0 Å². The zero-order valence-electron chi connectivity index (χ0n) is 15.9. The number of alkyl carbamates (subject to hydrolysis) is 1. The van der Waals surface area contributed by atoms with Gasteiger partial charge in [0.05, 0.1) is 0 Å². The van der Waals surface area contributed by atoms with Crippen LogP contribution < -0.4 is 10.6 Å². The third-order valence-corrected chi connectivity index (χ3v) is 3.56. The van der Waals surface area contributed by atoms with Crippen LogP contribution in [0.3, 0.4) is 0 Å². The second-order valence-electron chi connectivity index (χ2n) is 7.21. The summed E-state index contributed by atoms with van der Waals surface area (Å²) < 4.78 is 5.20. The van der Waals surface area contributed by atoms with Gasteiger partial charge in [-0.25, -0.2) is 4.79 Å². The predicted octanol–water partition coefficient (Wildman–Crippen LogP) is 3.22. The molecule has 0 saturated carbocycles. The summed E-state index contributed by atoms with van der Waals surface area (Å²) in [7, 11) is 0. The maximum atomic E-state index is 11.6. The highest BCUT2D eigenvalue weighted by atomic mass is 127. The average Bonchev–Trinajstić information content (AvgIpc) is 2.44.